The summed E-state index contributed by atoms with van der Waals surface area (Å²) in [7, 11) is 0. The summed E-state index contributed by atoms with van der Waals surface area (Å²) in [5.74, 6) is -1.03. The van der Waals surface area contributed by atoms with Crippen molar-refractivity contribution < 1.29 is 19.2 Å². The quantitative estimate of drug-likeness (QED) is 0.844. The maximum Gasteiger partial charge on any atom is 0.355 e. The lowest BCUT2D eigenvalue weighted by atomic mass is 10.1. The Morgan fingerprint density at radius 2 is 2.24 bits per heavy atom. The number of rotatable bonds is 6. The van der Waals surface area contributed by atoms with Gasteiger partial charge in [0.25, 0.3) is 5.91 Å². The number of thiazole rings is 1. The van der Waals surface area contributed by atoms with E-state index in [2.05, 4.69) is 15.5 Å². The smallest absolute Gasteiger partial charge is 0.355 e. The zero-order chi connectivity index (χ0) is 15.4. The second-order valence-corrected chi connectivity index (χ2v) is 5.65. The van der Waals surface area contributed by atoms with Crippen molar-refractivity contribution in [2.75, 3.05) is 6.54 Å². The first-order valence-electron chi connectivity index (χ1n) is 6.40. The second-order valence-electron chi connectivity index (χ2n) is 4.71. The number of carbonyl (C=O) groups is 2. The van der Waals surface area contributed by atoms with Crippen LogP contribution in [-0.4, -0.2) is 33.7 Å². The summed E-state index contributed by atoms with van der Waals surface area (Å²) in [6, 6.07) is 1.62. The maximum absolute atomic E-state index is 11.8. The molecule has 0 aliphatic carbocycles. The average Bonchev–Trinajstić information content (AvgIpc) is 3.07. The number of nitrogens with zero attached hydrogens (tertiary/aromatic N) is 2. The van der Waals surface area contributed by atoms with Crippen LogP contribution >= 0.6 is 11.3 Å². The Morgan fingerprint density at radius 1 is 1.48 bits per heavy atom. The molecule has 2 aromatic heterocycles. The molecule has 0 bridgehead atoms. The van der Waals surface area contributed by atoms with Gasteiger partial charge in [0, 0.05) is 24.4 Å². The molecule has 0 aliphatic rings. The van der Waals surface area contributed by atoms with E-state index in [0.29, 0.717) is 18.0 Å². The van der Waals surface area contributed by atoms with Crippen molar-refractivity contribution in [2.24, 2.45) is 0 Å². The van der Waals surface area contributed by atoms with Crippen molar-refractivity contribution in [1.29, 1.82) is 0 Å². The van der Waals surface area contributed by atoms with Gasteiger partial charge in [-0.15, -0.1) is 11.3 Å². The van der Waals surface area contributed by atoms with Crippen LogP contribution in [0.5, 0.6) is 0 Å². The number of aromatic nitrogens is 2. The standard InChI is InChI=1S/C13H15N3O4S/c1-7(2)8-5-10(20-16-8)12(17)14-4-3-11-15-9(6-21-11)13(18)19/h5-7H,3-4H2,1-2H3,(H,14,17)(H,18,19). The Hall–Kier alpha value is -2.22. The van der Waals surface area contributed by atoms with Gasteiger partial charge in [-0.3, -0.25) is 4.79 Å². The third kappa shape index (κ3) is 3.88. The van der Waals surface area contributed by atoms with E-state index in [9.17, 15) is 9.59 Å². The van der Waals surface area contributed by atoms with Gasteiger partial charge in [-0.05, 0) is 5.92 Å². The van der Waals surface area contributed by atoms with Gasteiger partial charge in [0.2, 0.25) is 5.76 Å². The fraction of sp³-hybridized carbons (Fsp3) is 0.385. The third-order valence-electron chi connectivity index (χ3n) is 2.74. The monoisotopic (exact) mass is 309 g/mol. The van der Waals surface area contributed by atoms with E-state index < -0.39 is 5.97 Å². The molecule has 1 amide bonds. The van der Waals surface area contributed by atoms with Crippen LogP contribution in [0.25, 0.3) is 0 Å². The molecule has 0 saturated heterocycles. The van der Waals surface area contributed by atoms with Crippen molar-refractivity contribution in [1.82, 2.24) is 15.5 Å². The number of hydrogen-bond acceptors (Lipinski definition) is 6. The molecule has 0 saturated carbocycles. The molecular weight excluding hydrogens is 294 g/mol. The minimum atomic E-state index is -1.05. The Bertz CT molecular complexity index is 647. The number of aromatic carboxylic acids is 1. The van der Waals surface area contributed by atoms with Crippen molar-refractivity contribution in [3.8, 4) is 0 Å². The minimum Gasteiger partial charge on any atom is -0.476 e. The van der Waals surface area contributed by atoms with E-state index in [4.69, 9.17) is 9.63 Å². The number of carboxylic acid groups (broad SMARTS) is 1. The fourth-order valence-corrected chi connectivity index (χ4v) is 2.33. The number of carbonyl (C=O) groups excluding carboxylic acids is 1. The number of carboxylic acids is 1. The number of nitrogens with one attached hydrogen (secondary N) is 1. The molecule has 0 aliphatic heterocycles. The van der Waals surface area contributed by atoms with Gasteiger partial charge >= 0.3 is 5.97 Å². The van der Waals surface area contributed by atoms with Crippen LogP contribution in [0.4, 0.5) is 0 Å². The van der Waals surface area contributed by atoms with Gasteiger partial charge in [-0.1, -0.05) is 19.0 Å². The molecule has 0 aromatic carbocycles. The van der Waals surface area contributed by atoms with E-state index in [1.807, 2.05) is 13.8 Å². The van der Waals surface area contributed by atoms with Crippen LogP contribution in [0.1, 0.15) is 51.5 Å². The van der Waals surface area contributed by atoms with Crippen LogP contribution in [0, 0.1) is 0 Å². The van der Waals surface area contributed by atoms with Crippen LogP contribution < -0.4 is 5.32 Å². The molecule has 2 N–H and O–H groups in total. The summed E-state index contributed by atoms with van der Waals surface area (Å²) in [6.07, 6.45) is 0.467. The highest BCUT2D eigenvalue weighted by Crippen LogP contribution is 2.14. The highest BCUT2D eigenvalue weighted by Gasteiger charge is 2.14. The Morgan fingerprint density at radius 3 is 2.81 bits per heavy atom. The number of amides is 1. The van der Waals surface area contributed by atoms with Crippen molar-refractivity contribution in [2.45, 2.75) is 26.2 Å². The fourth-order valence-electron chi connectivity index (χ4n) is 1.56. The van der Waals surface area contributed by atoms with Crippen molar-refractivity contribution >= 4 is 23.2 Å². The van der Waals surface area contributed by atoms with Gasteiger partial charge < -0.3 is 14.9 Å². The van der Waals surface area contributed by atoms with Crippen molar-refractivity contribution in [3.63, 3.8) is 0 Å². The Labute approximate surface area is 125 Å². The van der Waals surface area contributed by atoms with Gasteiger partial charge in [-0.2, -0.15) is 0 Å². The average molecular weight is 309 g/mol. The van der Waals surface area contributed by atoms with E-state index in [1.165, 1.54) is 16.7 Å². The molecule has 0 fully saturated rings. The second kappa shape index (κ2) is 6.49. The third-order valence-corrected chi connectivity index (χ3v) is 3.65. The molecule has 2 rings (SSSR count). The lowest BCUT2D eigenvalue weighted by molar-refractivity contribution is 0.0690. The summed E-state index contributed by atoms with van der Waals surface area (Å²) < 4.78 is 4.97. The van der Waals surface area contributed by atoms with Crippen LogP contribution in [0.15, 0.2) is 16.0 Å². The predicted octanol–water partition coefficient (Wildman–Crippen LogP) is 1.93. The maximum atomic E-state index is 11.8. The normalized spacial score (nSPS) is 10.8. The summed E-state index contributed by atoms with van der Waals surface area (Å²) in [4.78, 5) is 26.5. The van der Waals surface area contributed by atoms with Gasteiger partial charge in [0.05, 0.1) is 10.7 Å². The van der Waals surface area contributed by atoms with Gasteiger partial charge in [-0.25, -0.2) is 9.78 Å². The summed E-state index contributed by atoms with van der Waals surface area (Å²) in [5, 5.41) is 17.4. The molecule has 0 atom stereocenters. The van der Waals surface area contributed by atoms with E-state index in [1.54, 1.807) is 6.07 Å². The molecule has 8 heteroatoms. The van der Waals surface area contributed by atoms with E-state index in [0.717, 1.165) is 5.69 Å². The van der Waals surface area contributed by atoms with Crippen LogP contribution in [-0.2, 0) is 6.42 Å². The molecule has 21 heavy (non-hydrogen) atoms. The lowest BCUT2D eigenvalue weighted by Crippen LogP contribution is -2.25. The van der Waals surface area contributed by atoms with Gasteiger partial charge in [0.15, 0.2) is 5.69 Å². The molecule has 2 heterocycles. The topological polar surface area (TPSA) is 105 Å². The zero-order valence-electron chi connectivity index (χ0n) is 11.6. The first-order valence-corrected chi connectivity index (χ1v) is 7.28. The number of hydrogen-bond donors (Lipinski definition) is 2. The molecule has 112 valence electrons. The molecule has 0 unspecified atom stereocenters. The molecular formula is C13H15N3O4S. The molecule has 0 radical (unpaired) electrons. The molecule has 0 spiro atoms. The molecule has 2 aromatic rings. The van der Waals surface area contributed by atoms with E-state index in [-0.39, 0.29) is 23.3 Å². The molecule has 7 nitrogen and oxygen atoms in total. The predicted molar refractivity (Wildman–Crippen MR) is 75.7 cm³/mol. The minimum absolute atomic E-state index is 0.0261. The lowest BCUT2D eigenvalue weighted by Gasteiger charge is -2.00. The van der Waals surface area contributed by atoms with Crippen LogP contribution in [0.3, 0.4) is 0 Å². The van der Waals surface area contributed by atoms with Crippen LogP contribution in [0.2, 0.25) is 0 Å². The van der Waals surface area contributed by atoms with Crippen molar-refractivity contribution in [3.05, 3.63) is 33.6 Å². The summed E-state index contributed by atoms with van der Waals surface area (Å²) in [5.41, 5.74) is 0.754. The first kappa shape index (κ1) is 15.2. The summed E-state index contributed by atoms with van der Waals surface area (Å²) in [6.45, 7) is 4.27. The summed E-state index contributed by atoms with van der Waals surface area (Å²) >= 11 is 1.25. The van der Waals surface area contributed by atoms with Gasteiger partial charge in [0.1, 0.15) is 0 Å². The highest BCUT2D eigenvalue weighted by atomic mass is 32.1. The highest BCUT2D eigenvalue weighted by molar-refractivity contribution is 7.09. The Balaban J connectivity index is 1.84. The first-order chi connectivity index (χ1) is 9.97. The zero-order valence-corrected chi connectivity index (χ0v) is 12.4. The van der Waals surface area contributed by atoms with E-state index >= 15 is 0 Å². The largest absolute Gasteiger partial charge is 0.476 e. The Kier molecular flexibility index (Phi) is 4.69. The SMILES string of the molecule is CC(C)c1cc(C(=O)NCCc2nc(C(=O)O)cs2)on1.